The lowest BCUT2D eigenvalue weighted by atomic mass is 10.2. The number of carbonyl (C=O) groups excluding carboxylic acids is 1. The molecule has 0 aromatic rings. The van der Waals surface area contributed by atoms with E-state index in [1.165, 1.54) is 11.8 Å². The summed E-state index contributed by atoms with van der Waals surface area (Å²) in [6, 6.07) is -0.195. The second-order valence-electron chi connectivity index (χ2n) is 3.59. The normalized spacial score (nSPS) is 22.9. The summed E-state index contributed by atoms with van der Waals surface area (Å²) < 4.78 is 26.2. The average Bonchev–Trinajstić information content (AvgIpc) is 2.64. The Morgan fingerprint density at radius 2 is 2.29 bits per heavy atom. The van der Waals surface area contributed by atoms with E-state index in [1.54, 1.807) is 0 Å². The first-order valence-electron chi connectivity index (χ1n) is 4.92. The Bertz CT molecular complexity index is 221. The van der Waals surface area contributed by atoms with Gasteiger partial charge in [0.1, 0.15) is 0 Å². The van der Waals surface area contributed by atoms with Crippen LogP contribution in [0.15, 0.2) is 0 Å². The zero-order chi connectivity index (χ0) is 10.8. The van der Waals surface area contributed by atoms with Crippen molar-refractivity contribution in [2.75, 3.05) is 13.1 Å². The van der Waals surface area contributed by atoms with E-state index in [2.05, 4.69) is 0 Å². The van der Waals surface area contributed by atoms with Crippen molar-refractivity contribution in [3.05, 3.63) is 0 Å². The van der Waals surface area contributed by atoms with Crippen LogP contribution >= 0.6 is 0 Å². The highest BCUT2D eigenvalue weighted by molar-refractivity contribution is 5.84. The number of nitrogens with zero attached hydrogens (tertiary/aromatic N) is 1. The third-order valence-corrected chi connectivity index (χ3v) is 2.67. The lowest BCUT2D eigenvalue weighted by Gasteiger charge is -2.27. The average molecular weight is 206 g/mol. The topological polar surface area (TPSA) is 46.3 Å². The molecule has 14 heavy (non-hydrogen) atoms. The molecule has 1 aliphatic heterocycles. The van der Waals surface area contributed by atoms with Crippen molar-refractivity contribution in [2.45, 2.75) is 38.2 Å². The highest BCUT2D eigenvalue weighted by Gasteiger charge is 2.43. The van der Waals surface area contributed by atoms with Crippen LogP contribution in [-0.2, 0) is 4.79 Å². The number of alkyl halides is 2. The van der Waals surface area contributed by atoms with Gasteiger partial charge in [-0.3, -0.25) is 4.79 Å². The van der Waals surface area contributed by atoms with Gasteiger partial charge in [-0.05, 0) is 12.8 Å². The molecule has 1 atom stereocenters. The van der Waals surface area contributed by atoms with E-state index in [4.69, 9.17) is 5.73 Å². The van der Waals surface area contributed by atoms with E-state index in [0.717, 1.165) is 12.8 Å². The summed E-state index contributed by atoms with van der Waals surface area (Å²) in [5, 5.41) is 0. The fourth-order valence-corrected chi connectivity index (χ4v) is 1.71. The third-order valence-electron chi connectivity index (χ3n) is 2.67. The predicted molar refractivity (Wildman–Crippen MR) is 49.0 cm³/mol. The van der Waals surface area contributed by atoms with Gasteiger partial charge in [0.2, 0.25) is 0 Å². The molecule has 0 saturated carbocycles. The molecular formula is C9H16F2N2O. The highest BCUT2D eigenvalue weighted by atomic mass is 19.3. The van der Waals surface area contributed by atoms with Gasteiger partial charge in [-0.1, -0.05) is 6.92 Å². The Morgan fingerprint density at radius 1 is 1.64 bits per heavy atom. The minimum absolute atomic E-state index is 0.195. The number of halogens is 2. The van der Waals surface area contributed by atoms with Gasteiger partial charge in [0.25, 0.3) is 5.91 Å². The fourth-order valence-electron chi connectivity index (χ4n) is 1.71. The van der Waals surface area contributed by atoms with Gasteiger partial charge in [-0.2, -0.15) is 8.78 Å². The monoisotopic (exact) mass is 206 g/mol. The van der Waals surface area contributed by atoms with Crippen molar-refractivity contribution in [3.8, 4) is 0 Å². The van der Waals surface area contributed by atoms with Crippen molar-refractivity contribution >= 4 is 5.91 Å². The van der Waals surface area contributed by atoms with E-state index in [9.17, 15) is 13.6 Å². The Hall–Kier alpha value is -0.710. The summed E-state index contributed by atoms with van der Waals surface area (Å²) >= 11 is 0. The molecule has 0 aromatic heterocycles. The molecule has 5 heteroatoms. The summed E-state index contributed by atoms with van der Waals surface area (Å²) in [4.78, 5) is 12.6. The van der Waals surface area contributed by atoms with Crippen LogP contribution < -0.4 is 5.73 Å². The molecule has 1 aliphatic rings. The minimum Gasteiger partial charge on any atom is -0.333 e. The first-order chi connectivity index (χ1) is 6.53. The van der Waals surface area contributed by atoms with Gasteiger partial charge in [-0.15, -0.1) is 0 Å². The second kappa shape index (κ2) is 4.21. The molecule has 1 saturated heterocycles. The van der Waals surface area contributed by atoms with E-state index in [0.29, 0.717) is 6.54 Å². The minimum atomic E-state index is -3.22. The Kier molecular flexibility index (Phi) is 3.42. The van der Waals surface area contributed by atoms with Crippen LogP contribution in [0.5, 0.6) is 0 Å². The molecular weight excluding hydrogens is 190 g/mol. The van der Waals surface area contributed by atoms with Crippen LogP contribution in [0.25, 0.3) is 0 Å². The van der Waals surface area contributed by atoms with Crippen LogP contribution in [0, 0.1) is 0 Å². The van der Waals surface area contributed by atoms with Crippen LogP contribution in [0.3, 0.4) is 0 Å². The number of hydrogen-bond donors (Lipinski definition) is 1. The molecule has 82 valence electrons. The lowest BCUT2D eigenvalue weighted by molar-refractivity contribution is -0.158. The molecule has 0 aliphatic carbocycles. The molecule has 1 unspecified atom stereocenters. The van der Waals surface area contributed by atoms with Crippen LogP contribution in [0.2, 0.25) is 0 Å². The van der Waals surface area contributed by atoms with Gasteiger partial charge in [0, 0.05) is 25.6 Å². The molecule has 3 nitrogen and oxygen atoms in total. The quantitative estimate of drug-likeness (QED) is 0.748. The van der Waals surface area contributed by atoms with E-state index in [-0.39, 0.29) is 12.6 Å². The summed E-state index contributed by atoms with van der Waals surface area (Å²) in [6.07, 6.45) is 1.06. The van der Waals surface area contributed by atoms with Crippen molar-refractivity contribution in [1.82, 2.24) is 4.90 Å². The molecule has 1 fully saturated rings. The maximum absolute atomic E-state index is 13.1. The Balaban J connectivity index is 2.69. The Labute approximate surface area is 82.2 Å². The first kappa shape index (κ1) is 11.4. The fraction of sp³-hybridized carbons (Fsp3) is 0.889. The lowest BCUT2D eigenvalue weighted by Crippen LogP contribution is -2.47. The number of hydrogen-bond acceptors (Lipinski definition) is 2. The van der Waals surface area contributed by atoms with E-state index >= 15 is 0 Å². The third kappa shape index (κ3) is 2.03. The van der Waals surface area contributed by atoms with Crippen molar-refractivity contribution in [1.29, 1.82) is 0 Å². The number of carbonyl (C=O) groups is 1. The van der Waals surface area contributed by atoms with Crippen LogP contribution in [0.4, 0.5) is 8.78 Å². The van der Waals surface area contributed by atoms with Crippen molar-refractivity contribution < 1.29 is 13.6 Å². The molecule has 0 radical (unpaired) electrons. The molecule has 1 amide bonds. The number of amides is 1. The maximum atomic E-state index is 13.1. The number of likely N-dealkylation sites (tertiary alicyclic amines) is 1. The largest absolute Gasteiger partial charge is 0.333 e. The molecule has 0 spiro atoms. The van der Waals surface area contributed by atoms with Crippen LogP contribution in [-0.4, -0.2) is 35.9 Å². The molecule has 1 rings (SSSR count). The van der Waals surface area contributed by atoms with Gasteiger partial charge in [0.05, 0.1) is 0 Å². The zero-order valence-corrected chi connectivity index (χ0v) is 8.30. The summed E-state index contributed by atoms with van der Waals surface area (Å²) in [5.74, 6) is -4.29. The molecule has 1 heterocycles. The van der Waals surface area contributed by atoms with Crippen LogP contribution in [0.1, 0.15) is 26.2 Å². The van der Waals surface area contributed by atoms with Gasteiger partial charge in [0.15, 0.2) is 0 Å². The van der Waals surface area contributed by atoms with E-state index < -0.39 is 18.3 Å². The summed E-state index contributed by atoms with van der Waals surface area (Å²) in [6.45, 7) is 1.99. The molecule has 0 bridgehead atoms. The SMILES string of the molecule is CCC(F)(F)C(=O)N1CCCC1CN. The highest BCUT2D eigenvalue weighted by Crippen LogP contribution is 2.26. The van der Waals surface area contributed by atoms with Crippen molar-refractivity contribution in [2.24, 2.45) is 5.73 Å². The molecule has 0 aromatic carbocycles. The van der Waals surface area contributed by atoms with E-state index in [1.807, 2.05) is 0 Å². The van der Waals surface area contributed by atoms with Crippen molar-refractivity contribution in [3.63, 3.8) is 0 Å². The van der Waals surface area contributed by atoms with Gasteiger partial charge < -0.3 is 10.6 Å². The maximum Gasteiger partial charge on any atom is 0.324 e. The number of nitrogens with two attached hydrogens (primary N) is 1. The summed E-state index contributed by atoms with van der Waals surface area (Å²) in [7, 11) is 0. The predicted octanol–water partition coefficient (Wildman–Crippen LogP) is 0.981. The van der Waals surface area contributed by atoms with Gasteiger partial charge in [-0.25, -0.2) is 0 Å². The Morgan fingerprint density at radius 3 is 2.79 bits per heavy atom. The number of rotatable bonds is 3. The first-order valence-corrected chi connectivity index (χ1v) is 4.92. The standard InChI is InChI=1S/C9H16F2N2O/c1-2-9(10,11)8(14)13-5-3-4-7(13)6-12/h7H,2-6,12H2,1H3. The van der Waals surface area contributed by atoms with Gasteiger partial charge >= 0.3 is 5.92 Å². The zero-order valence-electron chi connectivity index (χ0n) is 8.30. The summed E-state index contributed by atoms with van der Waals surface area (Å²) in [5.41, 5.74) is 5.41. The molecule has 2 N–H and O–H groups in total. The smallest absolute Gasteiger partial charge is 0.324 e. The second-order valence-corrected chi connectivity index (χ2v) is 3.59.